The number of anilines is 1. The molecule has 0 aromatic heterocycles. The Bertz CT molecular complexity index is 888. The van der Waals surface area contributed by atoms with Gasteiger partial charge >= 0.3 is 17.6 Å². The lowest BCUT2D eigenvalue weighted by atomic mass is 10.0. The largest absolute Gasteiger partial charge is 0.478 e. The number of carboxylic acid groups (broad SMARTS) is 1. The topological polar surface area (TPSA) is 119 Å². The molecule has 0 saturated carbocycles. The molecule has 0 amide bonds. The molecule has 0 unspecified atom stereocenters. The highest BCUT2D eigenvalue weighted by atomic mass is 16.6. The Morgan fingerprint density at radius 1 is 1.20 bits per heavy atom. The van der Waals surface area contributed by atoms with Gasteiger partial charge in [-0.2, -0.15) is 0 Å². The highest BCUT2D eigenvalue weighted by Gasteiger charge is 2.39. The molecule has 1 atom stereocenters. The van der Waals surface area contributed by atoms with E-state index in [-0.39, 0.29) is 11.3 Å². The van der Waals surface area contributed by atoms with Crippen LogP contribution in [-0.2, 0) is 4.74 Å². The summed E-state index contributed by atoms with van der Waals surface area (Å²) in [5.74, 6) is -1.68. The van der Waals surface area contributed by atoms with Crippen molar-refractivity contribution in [2.45, 2.75) is 6.10 Å². The quantitative estimate of drug-likeness (QED) is 0.488. The number of nitrogens with one attached hydrogen (secondary N) is 1. The number of hydrogen-bond acceptors (Lipinski definition) is 6. The van der Waals surface area contributed by atoms with E-state index in [1.54, 1.807) is 24.3 Å². The Morgan fingerprint density at radius 2 is 1.88 bits per heavy atom. The summed E-state index contributed by atoms with van der Waals surface area (Å²) in [4.78, 5) is 33.4. The van der Waals surface area contributed by atoms with Gasteiger partial charge in [0.05, 0.1) is 22.3 Å². The third-order valence-corrected chi connectivity index (χ3v) is 3.69. The number of fused-ring (bicyclic) bond motifs is 1. The van der Waals surface area contributed by atoms with Crippen LogP contribution in [0.15, 0.2) is 60.4 Å². The van der Waals surface area contributed by atoms with Gasteiger partial charge in [0, 0.05) is 11.3 Å². The maximum Gasteiger partial charge on any atom is 0.339 e. The van der Waals surface area contributed by atoms with Gasteiger partial charge in [0.15, 0.2) is 0 Å². The minimum absolute atomic E-state index is 0.0997. The van der Waals surface area contributed by atoms with Gasteiger partial charge in [0.2, 0.25) is 6.10 Å². The summed E-state index contributed by atoms with van der Waals surface area (Å²) >= 11 is 0. The lowest BCUT2D eigenvalue weighted by Crippen LogP contribution is -2.12. The van der Waals surface area contributed by atoms with Crippen LogP contribution in [0.1, 0.15) is 32.4 Å². The molecule has 25 heavy (non-hydrogen) atoms. The predicted octanol–water partition coefficient (Wildman–Crippen LogP) is 2.83. The summed E-state index contributed by atoms with van der Waals surface area (Å²) in [7, 11) is 0. The van der Waals surface area contributed by atoms with Crippen LogP contribution in [0.3, 0.4) is 0 Å². The molecule has 1 heterocycles. The molecule has 0 aliphatic carbocycles. The number of nitrogens with zero attached hydrogens (tertiary/aromatic N) is 1. The van der Waals surface area contributed by atoms with Gasteiger partial charge < -0.3 is 15.2 Å². The van der Waals surface area contributed by atoms with Crippen molar-refractivity contribution in [3.63, 3.8) is 0 Å². The average molecular weight is 340 g/mol. The molecule has 2 aromatic carbocycles. The van der Waals surface area contributed by atoms with Gasteiger partial charge in [0.25, 0.3) is 0 Å². The number of rotatable bonds is 5. The van der Waals surface area contributed by atoms with Crippen LogP contribution in [0.25, 0.3) is 0 Å². The number of hydrogen-bond donors (Lipinski definition) is 2. The number of benzene rings is 2. The highest BCUT2D eigenvalue weighted by Crippen LogP contribution is 2.35. The van der Waals surface area contributed by atoms with Crippen LogP contribution >= 0.6 is 0 Å². The molecule has 3 rings (SSSR count). The Labute approximate surface area is 141 Å². The summed E-state index contributed by atoms with van der Waals surface area (Å²) in [6.45, 7) is 0. The van der Waals surface area contributed by atoms with Crippen molar-refractivity contribution in [2.75, 3.05) is 5.32 Å². The first kappa shape index (κ1) is 16.2. The number of carbonyl (C=O) groups is 2. The molecule has 1 aliphatic heterocycles. The molecule has 2 aromatic rings. The fourth-order valence-electron chi connectivity index (χ4n) is 2.46. The van der Waals surface area contributed by atoms with E-state index >= 15 is 0 Å². The molecule has 1 aliphatic rings. The molecule has 126 valence electrons. The second kappa shape index (κ2) is 6.44. The summed E-state index contributed by atoms with van der Waals surface area (Å²) in [6.07, 6.45) is 0.0278. The number of carbonyl (C=O) groups excluding carboxylic acids is 1. The Morgan fingerprint density at radius 3 is 2.52 bits per heavy atom. The number of esters is 1. The van der Waals surface area contributed by atoms with Gasteiger partial charge in [-0.3, -0.25) is 10.1 Å². The van der Waals surface area contributed by atoms with Crippen molar-refractivity contribution < 1.29 is 24.4 Å². The first-order valence-electron chi connectivity index (χ1n) is 7.21. The van der Waals surface area contributed by atoms with Crippen LogP contribution in [0.5, 0.6) is 0 Å². The van der Waals surface area contributed by atoms with Crippen molar-refractivity contribution in [2.24, 2.45) is 0 Å². The monoisotopic (exact) mass is 340 g/mol. The fourth-order valence-corrected chi connectivity index (χ4v) is 2.46. The van der Waals surface area contributed by atoms with Crippen LogP contribution in [-0.4, -0.2) is 22.0 Å². The zero-order chi connectivity index (χ0) is 18.0. The van der Waals surface area contributed by atoms with Gasteiger partial charge in [-0.1, -0.05) is 18.2 Å². The smallest absolute Gasteiger partial charge is 0.339 e. The maximum atomic E-state index is 11.8. The number of aromatic carboxylic acids is 1. The van der Waals surface area contributed by atoms with Gasteiger partial charge in [-0.15, -0.1) is 0 Å². The van der Waals surface area contributed by atoms with Crippen LogP contribution in [0.2, 0.25) is 0 Å². The second-order valence-electron chi connectivity index (χ2n) is 5.23. The standard InChI is InChI=1S/C17H12N2O6/c20-16(21)10-5-7-11(8-6-10)18-9-14(19(23)24)15-12-3-1-2-4-13(12)17(22)25-15/h1-9,15,18H,(H,20,21)/t15-/m0/s1. The first-order chi connectivity index (χ1) is 12.0. The van der Waals surface area contributed by atoms with E-state index in [1.807, 2.05) is 0 Å². The summed E-state index contributed by atoms with van der Waals surface area (Å²) in [5.41, 5.74) is 0.954. The van der Waals surface area contributed by atoms with Gasteiger partial charge in [0.1, 0.15) is 0 Å². The van der Waals surface area contributed by atoms with E-state index in [1.165, 1.54) is 24.3 Å². The number of nitro groups is 1. The zero-order valence-electron chi connectivity index (χ0n) is 12.7. The van der Waals surface area contributed by atoms with E-state index < -0.39 is 23.0 Å². The lowest BCUT2D eigenvalue weighted by molar-refractivity contribution is -0.436. The minimum Gasteiger partial charge on any atom is -0.478 e. The van der Waals surface area contributed by atoms with Gasteiger partial charge in [-0.25, -0.2) is 9.59 Å². The van der Waals surface area contributed by atoms with E-state index in [4.69, 9.17) is 9.84 Å². The third kappa shape index (κ3) is 3.18. The zero-order valence-corrected chi connectivity index (χ0v) is 12.7. The molecular weight excluding hydrogens is 328 g/mol. The molecule has 0 bridgehead atoms. The van der Waals surface area contributed by atoms with Crippen molar-refractivity contribution in [1.29, 1.82) is 0 Å². The summed E-state index contributed by atoms with van der Waals surface area (Å²) in [6, 6.07) is 12.2. The van der Waals surface area contributed by atoms with Crippen LogP contribution < -0.4 is 5.32 Å². The predicted molar refractivity (Wildman–Crippen MR) is 86.7 cm³/mol. The number of carboxylic acids is 1. The molecule has 0 radical (unpaired) electrons. The minimum atomic E-state index is -1.11. The van der Waals surface area contributed by atoms with E-state index in [0.717, 1.165) is 6.20 Å². The lowest BCUT2D eigenvalue weighted by Gasteiger charge is -2.09. The fraction of sp³-hybridized carbons (Fsp3) is 0.0588. The summed E-state index contributed by atoms with van der Waals surface area (Å²) < 4.78 is 5.13. The van der Waals surface area contributed by atoms with Crippen molar-refractivity contribution in [1.82, 2.24) is 0 Å². The van der Waals surface area contributed by atoms with Crippen molar-refractivity contribution in [3.05, 3.63) is 87.2 Å². The van der Waals surface area contributed by atoms with E-state index in [0.29, 0.717) is 16.8 Å². The average Bonchev–Trinajstić information content (AvgIpc) is 2.92. The van der Waals surface area contributed by atoms with Crippen molar-refractivity contribution in [3.8, 4) is 0 Å². The van der Waals surface area contributed by atoms with E-state index in [9.17, 15) is 19.7 Å². The first-order valence-corrected chi connectivity index (χ1v) is 7.21. The maximum absolute atomic E-state index is 11.8. The highest BCUT2D eigenvalue weighted by molar-refractivity contribution is 5.94. The number of ether oxygens (including phenoxy) is 1. The normalized spacial score (nSPS) is 16.1. The molecule has 0 saturated heterocycles. The van der Waals surface area contributed by atoms with Crippen LogP contribution in [0.4, 0.5) is 5.69 Å². The van der Waals surface area contributed by atoms with Gasteiger partial charge in [-0.05, 0) is 30.3 Å². The molecular formula is C17H12N2O6. The summed E-state index contributed by atoms with van der Waals surface area (Å²) in [5, 5.41) is 23.0. The SMILES string of the molecule is O=C(O)c1ccc(NC=C([C@H]2OC(=O)c3ccccc32)[N+](=O)[O-])cc1. The molecule has 0 fully saturated rings. The molecule has 8 heteroatoms. The third-order valence-electron chi connectivity index (χ3n) is 3.69. The Hall–Kier alpha value is -3.68. The molecule has 2 N–H and O–H groups in total. The second-order valence-corrected chi connectivity index (χ2v) is 5.23. The van der Waals surface area contributed by atoms with Crippen molar-refractivity contribution >= 4 is 17.6 Å². The Kier molecular flexibility index (Phi) is 4.17. The molecule has 0 spiro atoms. The number of cyclic esters (lactones) is 1. The van der Waals surface area contributed by atoms with E-state index in [2.05, 4.69) is 5.32 Å². The van der Waals surface area contributed by atoms with Crippen LogP contribution in [0, 0.1) is 10.1 Å². The Balaban J connectivity index is 1.87. The molecule has 8 nitrogen and oxygen atoms in total.